The van der Waals surface area contributed by atoms with Crippen molar-refractivity contribution in [1.29, 1.82) is 5.26 Å². The van der Waals surface area contributed by atoms with Crippen molar-refractivity contribution in [2.75, 3.05) is 0 Å². The number of benzene rings is 1. The molecule has 0 spiro atoms. The molecule has 0 unspecified atom stereocenters. The molecule has 0 aliphatic carbocycles. The standard InChI is InChI=1S/C7H4N.Li/c8-6-7-4-2-1-3-5-7;/h2-5H;/q-1;+1. The number of rotatable bonds is 0. The summed E-state index contributed by atoms with van der Waals surface area (Å²) in [5.41, 5.74) is 0.684. The monoisotopic (exact) mass is 109 g/mol. The van der Waals surface area contributed by atoms with Crippen LogP contribution in [-0.2, 0) is 0 Å². The van der Waals surface area contributed by atoms with Crippen molar-refractivity contribution in [1.82, 2.24) is 0 Å². The van der Waals surface area contributed by atoms with Gasteiger partial charge in [0, 0.05) is 0 Å². The first kappa shape index (κ1) is 8.31. The van der Waals surface area contributed by atoms with Gasteiger partial charge in [-0.3, -0.25) is 0 Å². The Morgan fingerprint density at radius 1 is 1.33 bits per heavy atom. The number of nitrogens with zero attached hydrogens (tertiary/aromatic N) is 1. The Labute approximate surface area is 66.5 Å². The van der Waals surface area contributed by atoms with Crippen molar-refractivity contribution in [3.63, 3.8) is 0 Å². The minimum absolute atomic E-state index is 0. The van der Waals surface area contributed by atoms with Crippen LogP contribution in [0.4, 0.5) is 0 Å². The van der Waals surface area contributed by atoms with Crippen LogP contribution < -0.4 is 18.9 Å². The van der Waals surface area contributed by atoms with E-state index in [2.05, 4.69) is 6.07 Å². The molecule has 38 valence electrons. The van der Waals surface area contributed by atoms with Gasteiger partial charge in [0.2, 0.25) is 0 Å². The molecule has 0 radical (unpaired) electrons. The summed E-state index contributed by atoms with van der Waals surface area (Å²) >= 11 is 0. The Kier molecular flexibility index (Phi) is 3.89. The summed E-state index contributed by atoms with van der Waals surface area (Å²) in [5, 5.41) is 8.27. The second-order valence-electron chi connectivity index (χ2n) is 1.40. The first-order valence-corrected chi connectivity index (χ1v) is 2.29. The zero-order chi connectivity index (χ0) is 5.82. The molecule has 0 saturated carbocycles. The maximum atomic E-state index is 8.27. The average Bonchev–Trinajstić information content (AvgIpc) is 1.90. The Balaban J connectivity index is 0.000000640. The van der Waals surface area contributed by atoms with Gasteiger partial charge in [-0.2, -0.15) is 35.6 Å². The van der Waals surface area contributed by atoms with E-state index in [4.69, 9.17) is 5.26 Å². The van der Waals surface area contributed by atoms with Crippen LogP contribution in [0.3, 0.4) is 0 Å². The predicted octanol–water partition coefficient (Wildman–Crippen LogP) is -1.64. The molecule has 0 amide bonds. The second-order valence-corrected chi connectivity index (χ2v) is 1.40. The van der Waals surface area contributed by atoms with E-state index in [1.54, 1.807) is 24.3 Å². The Morgan fingerprint density at radius 3 is 2.22 bits per heavy atom. The fourth-order valence-electron chi connectivity index (χ4n) is 0.461. The molecular weight excluding hydrogens is 105 g/mol. The van der Waals surface area contributed by atoms with Crippen molar-refractivity contribution in [3.05, 3.63) is 35.9 Å². The van der Waals surface area contributed by atoms with Crippen LogP contribution in [0, 0.1) is 17.4 Å². The van der Waals surface area contributed by atoms with Gasteiger partial charge in [0.05, 0.1) is 6.07 Å². The Bertz CT molecular complexity index is 200. The van der Waals surface area contributed by atoms with E-state index in [1.807, 2.05) is 6.07 Å². The van der Waals surface area contributed by atoms with Crippen LogP contribution in [0.5, 0.6) is 0 Å². The van der Waals surface area contributed by atoms with Gasteiger partial charge in [0.1, 0.15) is 0 Å². The third kappa shape index (κ3) is 2.38. The van der Waals surface area contributed by atoms with Gasteiger partial charge >= 0.3 is 18.9 Å². The number of hydrogen-bond donors (Lipinski definition) is 0. The number of hydrogen-bond acceptors (Lipinski definition) is 1. The molecule has 0 saturated heterocycles. The van der Waals surface area contributed by atoms with Gasteiger partial charge in [0.15, 0.2) is 0 Å². The zero-order valence-corrected chi connectivity index (χ0v) is 5.26. The number of nitriles is 1. The van der Waals surface area contributed by atoms with E-state index in [0.29, 0.717) is 5.56 Å². The van der Waals surface area contributed by atoms with Crippen molar-refractivity contribution >= 4 is 0 Å². The van der Waals surface area contributed by atoms with Crippen LogP contribution in [0.2, 0.25) is 0 Å². The molecule has 0 fully saturated rings. The summed E-state index contributed by atoms with van der Waals surface area (Å²) in [6.45, 7) is 0. The van der Waals surface area contributed by atoms with Gasteiger partial charge in [0.25, 0.3) is 0 Å². The maximum Gasteiger partial charge on any atom is 1.00 e. The Morgan fingerprint density at radius 2 is 1.89 bits per heavy atom. The molecule has 1 nitrogen and oxygen atoms in total. The fourth-order valence-corrected chi connectivity index (χ4v) is 0.461. The fraction of sp³-hybridized carbons (Fsp3) is 0. The molecule has 0 aliphatic heterocycles. The molecule has 0 aliphatic rings. The smallest absolute Gasteiger partial charge is 0.195 e. The van der Waals surface area contributed by atoms with E-state index in [-0.39, 0.29) is 18.9 Å². The van der Waals surface area contributed by atoms with Gasteiger partial charge in [-0.05, 0) is 0 Å². The molecular formula is C7H4LiN. The van der Waals surface area contributed by atoms with Gasteiger partial charge in [-0.15, -0.1) is 0 Å². The third-order valence-electron chi connectivity index (χ3n) is 0.847. The summed E-state index contributed by atoms with van der Waals surface area (Å²) in [4.78, 5) is 0. The SMILES string of the molecule is N#Cc1cc[c-]cc1.[Li+]. The quantitative estimate of drug-likeness (QED) is 0.289. The molecule has 1 aromatic rings. The zero-order valence-electron chi connectivity index (χ0n) is 5.26. The largest absolute Gasteiger partial charge is 1.00 e. The summed E-state index contributed by atoms with van der Waals surface area (Å²) in [6, 6.07) is 11.7. The second kappa shape index (κ2) is 4.21. The van der Waals surface area contributed by atoms with Crippen LogP contribution in [0.1, 0.15) is 5.56 Å². The minimum Gasteiger partial charge on any atom is -0.195 e. The van der Waals surface area contributed by atoms with Crippen molar-refractivity contribution in [2.45, 2.75) is 0 Å². The van der Waals surface area contributed by atoms with Gasteiger partial charge < -0.3 is 0 Å². The van der Waals surface area contributed by atoms with Gasteiger partial charge in [-0.1, -0.05) is 5.56 Å². The normalized spacial score (nSPS) is 7.00. The summed E-state index contributed by atoms with van der Waals surface area (Å²) in [7, 11) is 0. The molecule has 0 bridgehead atoms. The molecule has 0 atom stereocenters. The van der Waals surface area contributed by atoms with Gasteiger partial charge in [-0.25, -0.2) is 0 Å². The summed E-state index contributed by atoms with van der Waals surface area (Å²) < 4.78 is 0. The van der Waals surface area contributed by atoms with E-state index in [9.17, 15) is 0 Å². The van der Waals surface area contributed by atoms with E-state index in [1.165, 1.54) is 0 Å². The Hall–Kier alpha value is -0.693. The topological polar surface area (TPSA) is 23.8 Å². The van der Waals surface area contributed by atoms with E-state index in [0.717, 1.165) is 0 Å². The van der Waals surface area contributed by atoms with Crippen LogP contribution in [0.25, 0.3) is 0 Å². The molecule has 0 aromatic heterocycles. The molecule has 1 rings (SSSR count). The van der Waals surface area contributed by atoms with E-state index < -0.39 is 0 Å². The van der Waals surface area contributed by atoms with Crippen molar-refractivity contribution in [2.24, 2.45) is 0 Å². The van der Waals surface area contributed by atoms with Crippen molar-refractivity contribution in [3.8, 4) is 6.07 Å². The molecule has 1 aromatic carbocycles. The van der Waals surface area contributed by atoms with Crippen LogP contribution >= 0.6 is 0 Å². The summed E-state index contributed by atoms with van der Waals surface area (Å²) in [5.74, 6) is 0. The predicted molar refractivity (Wildman–Crippen MR) is 30.0 cm³/mol. The first-order valence-electron chi connectivity index (χ1n) is 2.29. The molecule has 0 heterocycles. The van der Waals surface area contributed by atoms with E-state index >= 15 is 0 Å². The molecule has 9 heavy (non-hydrogen) atoms. The molecule has 2 heteroatoms. The average molecular weight is 109 g/mol. The minimum atomic E-state index is 0. The molecule has 0 N–H and O–H groups in total. The van der Waals surface area contributed by atoms with Crippen LogP contribution in [-0.4, -0.2) is 0 Å². The third-order valence-corrected chi connectivity index (χ3v) is 0.847. The van der Waals surface area contributed by atoms with Crippen LogP contribution in [0.15, 0.2) is 24.3 Å². The maximum absolute atomic E-state index is 8.27. The summed E-state index contributed by atoms with van der Waals surface area (Å²) in [6.07, 6.45) is 0. The first-order chi connectivity index (χ1) is 3.93. The van der Waals surface area contributed by atoms with Crippen molar-refractivity contribution < 1.29 is 18.9 Å².